The molecule has 2 N–H and O–H groups in total. The Morgan fingerprint density at radius 3 is 2.40 bits per heavy atom. The fourth-order valence-electron chi connectivity index (χ4n) is 1.83. The number of urea groups is 1. The summed E-state index contributed by atoms with van der Waals surface area (Å²) in [5.41, 5.74) is -0.886. The highest BCUT2D eigenvalue weighted by molar-refractivity contribution is 5.87. The molecule has 20 heavy (non-hydrogen) atoms. The van der Waals surface area contributed by atoms with Crippen molar-refractivity contribution in [3.63, 3.8) is 0 Å². The number of carbonyl (C=O) groups is 2. The Morgan fingerprint density at radius 1 is 1.30 bits per heavy atom. The molecular weight excluding hydrogens is 256 g/mol. The van der Waals surface area contributed by atoms with E-state index in [1.54, 1.807) is 37.4 Å². The van der Waals surface area contributed by atoms with E-state index < -0.39 is 11.5 Å². The lowest BCUT2D eigenvalue weighted by Crippen LogP contribution is -2.53. The Morgan fingerprint density at radius 2 is 1.90 bits per heavy atom. The van der Waals surface area contributed by atoms with E-state index >= 15 is 0 Å². The second-order valence-electron chi connectivity index (χ2n) is 5.00. The van der Waals surface area contributed by atoms with Gasteiger partial charge in [0.05, 0.1) is 0 Å². The normalized spacial score (nSPS) is 13.3. The van der Waals surface area contributed by atoms with Crippen molar-refractivity contribution in [3.8, 4) is 0 Å². The lowest BCUT2D eigenvalue weighted by molar-refractivity contribution is -0.144. The molecule has 0 aromatic heterocycles. The van der Waals surface area contributed by atoms with Crippen LogP contribution in [0.5, 0.6) is 0 Å². The summed E-state index contributed by atoms with van der Waals surface area (Å²) in [5.74, 6) is -1.08. The predicted molar refractivity (Wildman–Crippen MR) is 77.5 cm³/mol. The lowest BCUT2D eigenvalue weighted by atomic mass is 9.92. The van der Waals surface area contributed by atoms with Gasteiger partial charge in [-0.25, -0.2) is 9.59 Å². The maximum Gasteiger partial charge on any atom is 0.333 e. The van der Waals surface area contributed by atoms with Gasteiger partial charge in [0.2, 0.25) is 0 Å². The summed E-state index contributed by atoms with van der Waals surface area (Å²) in [6, 6.07) is 8.32. The summed E-state index contributed by atoms with van der Waals surface area (Å²) < 4.78 is 0. The van der Waals surface area contributed by atoms with Crippen LogP contribution in [-0.4, -0.2) is 35.6 Å². The van der Waals surface area contributed by atoms with Crippen LogP contribution in [0, 0.1) is 0 Å². The van der Waals surface area contributed by atoms with E-state index in [1.165, 1.54) is 11.8 Å². The summed E-state index contributed by atoms with van der Waals surface area (Å²) in [5, 5.41) is 12.1. The first-order valence-corrected chi connectivity index (χ1v) is 6.74. The molecule has 0 fully saturated rings. The lowest BCUT2D eigenvalue weighted by Gasteiger charge is -2.29. The smallest absolute Gasteiger partial charge is 0.333 e. The molecule has 5 heteroatoms. The van der Waals surface area contributed by atoms with E-state index in [-0.39, 0.29) is 6.03 Å². The van der Waals surface area contributed by atoms with Crippen molar-refractivity contribution >= 4 is 12.0 Å². The Hall–Kier alpha value is -2.04. The van der Waals surface area contributed by atoms with E-state index in [0.717, 1.165) is 12.8 Å². The zero-order valence-electron chi connectivity index (χ0n) is 12.2. The third-order valence-corrected chi connectivity index (χ3v) is 3.33. The minimum atomic E-state index is -1.43. The van der Waals surface area contributed by atoms with Gasteiger partial charge in [0.25, 0.3) is 0 Å². The number of aliphatic carboxylic acids is 1. The van der Waals surface area contributed by atoms with E-state index in [9.17, 15) is 14.7 Å². The van der Waals surface area contributed by atoms with Crippen molar-refractivity contribution in [3.05, 3.63) is 35.9 Å². The Kier molecular flexibility index (Phi) is 5.55. The van der Waals surface area contributed by atoms with Crippen LogP contribution >= 0.6 is 0 Å². The summed E-state index contributed by atoms with van der Waals surface area (Å²) in [7, 11) is 1.66. The Labute approximate surface area is 119 Å². The van der Waals surface area contributed by atoms with Gasteiger partial charge in [-0.3, -0.25) is 0 Å². The first-order chi connectivity index (χ1) is 9.41. The zero-order valence-corrected chi connectivity index (χ0v) is 12.2. The zero-order chi connectivity index (χ0) is 15.2. The average molecular weight is 278 g/mol. The minimum absolute atomic E-state index is 0.382. The standard InChI is InChI=1S/C15H22N2O3/c1-4-5-11-17(3)14(20)16-15(2,13(18)19)12-9-7-6-8-10-12/h6-10H,4-5,11H2,1-3H3,(H,16,20)(H,18,19). The Bertz CT molecular complexity index is 461. The molecule has 1 rings (SSSR count). The van der Waals surface area contributed by atoms with Crippen molar-refractivity contribution in [1.82, 2.24) is 10.2 Å². The molecule has 1 unspecified atom stereocenters. The highest BCUT2D eigenvalue weighted by Crippen LogP contribution is 2.21. The molecular formula is C15H22N2O3. The molecule has 2 amide bonds. The number of rotatable bonds is 6. The van der Waals surface area contributed by atoms with Gasteiger partial charge in [-0.1, -0.05) is 43.7 Å². The third kappa shape index (κ3) is 3.73. The van der Waals surface area contributed by atoms with E-state index in [4.69, 9.17) is 0 Å². The summed E-state index contributed by atoms with van der Waals surface area (Å²) in [4.78, 5) is 25.2. The van der Waals surface area contributed by atoms with Crippen LogP contribution < -0.4 is 5.32 Å². The number of benzene rings is 1. The van der Waals surface area contributed by atoms with Gasteiger partial charge in [-0.05, 0) is 18.9 Å². The first kappa shape index (κ1) is 16.0. The number of hydrogen-bond acceptors (Lipinski definition) is 2. The first-order valence-electron chi connectivity index (χ1n) is 6.74. The van der Waals surface area contributed by atoms with Crippen LogP contribution in [-0.2, 0) is 10.3 Å². The number of amides is 2. The van der Waals surface area contributed by atoms with Gasteiger partial charge >= 0.3 is 12.0 Å². The van der Waals surface area contributed by atoms with E-state index in [0.29, 0.717) is 12.1 Å². The van der Waals surface area contributed by atoms with Crippen LogP contribution in [0.3, 0.4) is 0 Å². The number of carboxylic acid groups (broad SMARTS) is 1. The number of unbranched alkanes of at least 4 members (excludes halogenated alkanes) is 1. The largest absolute Gasteiger partial charge is 0.479 e. The monoisotopic (exact) mass is 278 g/mol. The summed E-state index contributed by atoms with van der Waals surface area (Å²) in [6.07, 6.45) is 1.87. The molecule has 1 atom stereocenters. The summed E-state index contributed by atoms with van der Waals surface area (Å²) >= 11 is 0. The van der Waals surface area contributed by atoms with Crippen LogP contribution in [0.1, 0.15) is 32.3 Å². The highest BCUT2D eigenvalue weighted by atomic mass is 16.4. The molecule has 110 valence electrons. The molecule has 0 aliphatic rings. The minimum Gasteiger partial charge on any atom is -0.479 e. The maximum absolute atomic E-state index is 12.1. The van der Waals surface area contributed by atoms with Crippen LogP contribution in [0.2, 0.25) is 0 Å². The van der Waals surface area contributed by atoms with E-state index in [1.807, 2.05) is 6.92 Å². The van der Waals surface area contributed by atoms with Gasteiger partial charge in [-0.2, -0.15) is 0 Å². The van der Waals surface area contributed by atoms with Crippen LogP contribution in [0.25, 0.3) is 0 Å². The van der Waals surface area contributed by atoms with Crippen molar-refractivity contribution in [2.75, 3.05) is 13.6 Å². The molecule has 0 aliphatic heterocycles. The number of nitrogens with zero attached hydrogens (tertiary/aromatic N) is 1. The van der Waals surface area contributed by atoms with Gasteiger partial charge in [-0.15, -0.1) is 0 Å². The maximum atomic E-state index is 12.1. The predicted octanol–water partition coefficient (Wildman–Crippen LogP) is 2.43. The van der Waals surface area contributed by atoms with Crippen molar-refractivity contribution in [2.24, 2.45) is 0 Å². The average Bonchev–Trinajstić information content (AvgIpc) is 2.45. The molecule has 1 aromatic carbocycles. The second kappa shape index (κ2) is 6.93. The molecule has 0 saturated carbocycles. The van der Waals surface area contributed by atoms with E-state index in [2.05, 4.69) is 5.32 Å². The number of carbonyl (C=O) groups excluding carboxylic acids is 1. The summed E-state index contributed by atoms with van der Waals surface area (Å²) in [6.45, 7) is 4.14. The topological polar surface area (TPSA) is 69.6 Å². The number of hydrogen-bond donors (Lipinski definition) is 2. The molecule has 0 saturated heterocycles. The quantitative estimate of drug-likeness (QED) is 0.839. The van der Waals surface area contributed by atoms with Gasteiger partial charge in [0.15, 0.2) is 5.54 Å². The molecule has 1 aromatic rings. The number of nitrogens with one attached hydrogen (secondary N) is 1. The fraction of sp³-hybridized carbons (Fsp3) is 0.467. The molecule has 0 heterocycles. The molecule has 0 aliphatic carbocycles. The SMILES string of the molecule is CCCCN(C)C(=O)NC(C)(C(=O)O)c1ccccc1. The van der Waals surface area contributed by atoms with Crippen LogP contribution in [0.4, 0.5) is 4.79 Å². The molecule has 0 radical (unpaired) electrons. The third-order valence-electron chi connectivity index (χ3n) is 3.33. The van der Waals surface area contributed by atoms with Gasteiger partial charge in [0.1, 0.15) is 0 Å². The molecule has 5 nitrogen and oxygen atoms in total. The second-order valence-corrected chi connectivity index (χ2v) is 5.00. The van der Waals surface area contributed by atoms with Crippen molar-refractivity contribution in [1.29, 1.82) is 0 Å². The number of carboxylic acids is 1. The van der Waals surface area contributed by atoms with Crippen molar-refractivity contribution < 1.29 is 14.7 Å². The molecule has 0 bridgehead atoms. The Balaban J connectivity index is 2.88. The van der Waals surface area contributed by atoms with Crippen molar-refractivity contribution in [2.45, 2.75) is 32.2 Å². The van der Waals surface area contributed by atoms with Gasteiger partial charge in [0, 0.05) is 13.6 Å². The highest BCUT2D eigenvalue weighted by Gasteiger charge is 2.37. The van der Waals surface area contributed by atoms with Gasteiger partial charge < -0.3 is 15.3 Å². The fourth-order valence-corrected chi connectivity index (χ4v) is 1.83. The van der Waals surface area contributed by atoms with Crippen LogP contribution in [0.15, 0.2) is 30.3 Å². The molecule has 0 spiro atoms.